The van der Waals surface area contributed by atoms with Crippen LogP contribution in [0.3, 0.4) is 0 Å². The highest BCUT2D eigenvalue weighted by Gasteiger charge is 2.13. The Balaban J connectivity index is 2.29. The molecular formula is C18H14Cl2N2O2. The molecule has 0 fully saturated rings. The number of aryl methyl sites for hydroxylation is 1. The molecule has 2 aromatic rings. The van der Waals surface area contributed by atoms with Crippen molar-refractivity contribution in [2.45, 2.75) is 6.92 Å². The monoisotopic (exact) mass is 360 g/mol. The Morgan fingerprint density at radius 1 is 1.25 bits per heavy atom. The lowest BCUT2D eigenvalue weighted by Gasteiger charge is -2.09. The fourth-order valence-electron chi connectivity index (χ4n) is 2.06. The van der Waals surface area contributed by atoms with Gasteiger partial charge in [0.2, 0.25) is 0 Å². The highest BCUT2D eigenvalue weighted by molar-refractivity contribution is 6.34. The molecule has 1 N–H and O–H groups in total. The summed E-state index contributed by atoms with van der Waals surface area (Å²) in [5, 5.41) is 12.7. The molecule has 0 aliphatic heterocycles. The number of carbonyl (C=O) groups is 1. The number of nitrogens with one attached hydrogen (secondary N) is 1. The smallest absolute Gasteiger partial charge is 0.266 e. The third-order valence-corrected chi connectivity index (χ3v) is 3.92. The second kappa shape index (κ2) is 7.87. The molecule has 0 aliphatic rings. The molecule has 0 bridgehead atoms. The molecule has 1 amide bonds. The number of benzene rings is 2. The molecule has 0 unspecified atom stereocenters. The summed E-state index contributed by atoms with van der Waals surface area (Å²) in [6, 6.07) is 12.2. The summed E-state index contributed by atoms with van der Waals surface area (Å²) in [4.78, 5) is 12.3. The van der Waals surface area contributed by atoms with Crippen LogP contribution in [0.25, 0.3) is 6.08 Å². The van der Waals surface area contributed by atoms with Crippen molar-refractivity contribution in [1.29, 1.82) is 5.26 Å². The number of methoxy groups -OCH3 is 1. The van der Waals surface area contributed by atoms with Crippen LogP contribution in [0.2, 0.25) is 10.0 Å². The van der Waals surface area contributed by atoms with E-state index in [9.17, 15) is 10.1 Å². The van der Waals surface area contributed by atoms with Crippen LogP contribution in [0, 0.1) is 18.3 Å². The van der Waals surface area contributed by atoms with Crippen molar-refractivity contribution < 1.29 is 9.53 Å². The first kappa shape index (κ1) is 17.9. The van der Waals surface area contributed by atoms with Gasteiger partial charge in [0.15, 0.2) is 0 Å². The number of nitriles is 1. The maximum atomic E-state index is 12.3. The molecule has 24 heavy (non-hydrogen) atoms. The van der Waals surface area contributed by atoms with E-state index in [0.29, 0.717) is 27.0 Å². The van der Waals surface area contributed by atoms with Crippen molar-refractivity contribution in [3.05, 3.63) is 63.1 Å². The lowest BCUT2D eigenvalue weighted by atomic mass is 10.1. The van der Waals surface area contributed by atoms with E-state index < -0.39 is 5.91 Å². The number of hydrogen-bond donors (Lipinski definition) is 1. The van der Waals surface area contributed by atoms with E-state index in [1.165, 1.54) is 13.2 Å². The van der Waals surface area contributed by atoms with Gasteiger partial charge in [-0.05, 0) is 42.3 Å². The van der Waals surface area contributed by atoms with Gasteiger partial charge in [-0.3, -0.25) is 4.79 Å². The summed E-state index contributed by atoms with van der Waals surface area (Å²) < 4.78 is 5.07. The molecule has 0 heterocycles. The average molecular weight is 361 g/mol. The first-order valence-electron chi connectivity index (χ1n) is 6.98. The normalized spacial score (nSPS) is 10.9. The SMILES string of the molecule is COc1ccc(/C=C(\C#N)C(=O)Nc2c(C)cccc2Cl)cc1Cl. The quantitative estimate of drug-likeness (QED) is 0.625. The number of carbonyl (C=O) groups excluding carboxylic acids is 1. The second-order valence-electron chi connectivity index (χ2n) is 4.95. The zero-order valence-corrected chi connectivity index (χ0v) is 14.6. The summed E-state index contributed by atoms with van der Waals surface area (Å²) in [6.07, 6.45) is 1.45. The lowest BCUT2D eigenvalue weighted by molar-refractivity contribution is -0.112. The van der Waals surface area contributed by atoms with Crippen molar-refractivity contribution in [2.75, 3.05) is 12.4 Å². The van der Waals surface area contributed by atoms with Gasteiger partial charge in [0, 0.05) is 0 Å². The zero-order valence-electron chi connectivity index (χ0n) is 13.1. The summed E-state index contributed by atoms with van der Waals surface area (Å²) in [5.41, 5.74) is 1.85. The van der Waals surface area contributed by atoms with Gasteiger partial charge >= 0.3 is 0 Å². The molecule has 4 nitrogen and oxygen atoms in total. The summed E-state index contributed by atoms with van der Waals surface area (Å²) >= 11 is 12.1. The van der Waals surface area contributed by atoms with E-state index in [1.54, 1.807) is 30.3 Å². The number of halogens is 2. The number of para-hydroxylation sites is 1. The second-order valence-corrected chi connectivity index (χ2v) is 5.76. The van der Waals surface area contributed by atoms with Crippen molar-refractivity contribution >= 4 is 40.9 Å². The van der Waals surface area contributed by atoms with Gasteiger partial charge in [0.05, 0.1) is 22.8 Å². The van der Waals surface area contributed by atoms with Crippen molar-refractivity contribution in [3.63, 3.8) is 0 Å². The van der Waals surface area contributed by atoms with Gasteiger partial charge in [-0.25, -0.2) is 0 Å². The highest BCUT2D eigenvalue weighted by atomic mass is 35.5. The number of amides is 1. The molecule has 0 aromatic heterocycles. The molecule has 0 atom stereocenters. The van der Waals surface area contributed by atoms with Crippen LogP contribution in [0.15, 0.2) is 42.0 Å². The molecule has 0 saturated carbocycles. The van der Waals surface area contributed by atoms with Gasteiger partial charge in [0.25, 0.3) is 5.91 Å². The molecule has 0 radical (unpaired) electrons. The fourth-order valence-corrected chi connectivity index (χ4v) is 2.59. The molecule has 0 saturated heterocycles. The van der Waals surface area contributed by atoms with E-state index in [1.807, 2.05) is 19.1 Å². The van der Waals surface area contributed by atoms with Crippen molar-refractivity contribution in [3.8, 4) is 11.8 Å². The maximum absolute atomic E-state index is 12.3. The number of hydrogen-bond acceptors (Lipinski definition) is 3. The number of nitrogens with zero attached hydrogens (tertiary/aromatic N) is 1. The number of rotatable bonds is 4. The Morgan fingerprint density at radius 3 is 2.58 bits per heavy atom. The van der Waals surface area contributed by atoms with Crippen LogP contribution >= 0.6 is 23.2 Å². The van der Waals surface area contributed by atoms with E-state index in [0.717, 1.165) is 5.56 Å². The lowest BCUT2D eigenvalue weighted by Crippen LogP contribution is -2.14. The number of ether oxygens (including phenoxy) is 1. The fraction of sp³-hybridized carbons (Fsp3) is 0.111. The molecule has 0 aliphatic carbocycles. The average Bonchev–Trinajstić information content (AvgIpc) is 2.56. The topological polar surface area (TPSA) is 62.1 Å². The molecule has 122 valence electrons. The first-order chi connectivity index (χ1) is 11.5. The molecular weight excluding hydrogens is 347 g/mol. The Morgan fingerprint density at radius 2 is 2.00 bits per heavy atom. The van der Waals surface area contributed by atoms with Gasteiger partial charge in [-0.1, -0.05) is 41.4 Å². The van der Waals surface area contributed by atoms with Crippen molar-refractivity contribution in [2.24, 2.45) is 0 Å². The molecule has 2 aromatic carbocycles. The molecule has 0 spiro atoms. The summed E-state index contributed by atoms with van der Waals surface area (Å²) in [5.74, 6) is -0.0240. The highest BCUT2D eigenvalue weighted by Crippen LogP contribution is 2.27. The van der Waals surface area contributed by atoms with Crippen LogP contribution < -0.4 is 10.1 Å². The largest absolute Gasteiger partial charge is 0.495 e. The Labute approximate surface area is 150 Å². The minimum atomic E-state index is -0.541. The van der Waals surface area contributed by atoms with Crippen LogP contribution in [-0.2, 0) is 4.79 Å². The minimum absolute atomic E-state index is 0.0597. The predicted octanol–water partition coefficient (Wildman–Crippen LogP) is 4.86. The van der Waals surface area contributed by atoms with Gasteiger partial charge < -0.3 is 10.1 Å². The standard InChI is InChI=1S/C18H14Cl2N2O2/c1-11-4-3-5-14(19)17(11)22-18(23)13(10-21)8-12-6-7-16(24-2)15(20)9-12/h3-9H,1-2H3,(H,22,23)/b13-8+. The summed E-state index contributed by atoms with van der Waals surface area (Å²) in [7, 11) is 1.51. The van der Waals surface area contributed by atoms with Gasteiger partial charge in [-0.2, -0.15) is 5.26 Å². The molecule has 6 heteroatoms. The summed E-state index contributed by atoms with van der Waals surface area (Å²) in [6.45, 7) is 1.82. The zero-order chi connectivity index (χ0) is 17.7. The number of anilines is 1. The Hall–Kier alpha value is -2.48. The van der Waals surface area contributed by atoms with E-state index in [4.69, 9.17) is 27.9 Å². The molecule has 2 rings (SSSR count). The van der Waals surface area contributed by atoms with Gasteiger partial charge in [0.1, 0.15) is 17.4 Å². The Kier molecular flexibility index (Phi) is 5.86. The van der Waals surface area contributed by atoms with Crippen LogP contribution in [0.4, 0.5) is 5.69 Å². The van der Waals surface area contributed by atoms with Crippen molar-refractivity contribution in [1.82, 2.24) is 0 Å². The van der Waals surface area contributed by atoms with Crippen LogP contribution in [0.1, 0.15) is 11.1 Å². The van der Waals surface area contributed by atoms with E-state index in [-0.39, 0.29) is 5.57 Å². The van der Waals surface area contributed by atoms with E-state index in [2.05, 4.69) is 5.32 Å². The predicted molar refractivity (Wildman–Crippen MR) is 96.4 cm³/mol. The van der Waals surface area contributed by atoms with Gasteiger partial charge in [-0.15, -0.1) is 0 Å². The minimum Gasteiger partial charge on any atom is -0.495 e. The first-order valence-corrected chi connectivity index (χ1v) is 7.73. The Bertz CT molecular complexity index is 834. The van der Waals surface area contributed by atoms with Crippen LogP contribution in [-0.4, -0.2) is 13.0 Å². The third-order valence-electron chi connectivity index (χ3n) is 3.31. The third kappa shape index (κ3) is 4.08. The van der Waals surface area contributed by atoms with E-state index >= 15 is 0 Å². The van der Waals surface area contributed by atoms with Crippen LogP contribution in [0.5, 0.6) is 5.75 Å². The maximum Gasteiger partial charge on any atom is 0.266 e.